The lowest BCUT2D eigenvalue weighted by atomic mass is 10.1. The number of para-hydroxylation sites is 1. The van der Waals surface area contributed by atoms with Crippen LogP contribution in [0.2, 0.25) is 5.02 Å². The summed E-state index contributed by atoms with van der Waals surface area (Å²) in [6, 6.07) is 18.3. The molecule has 0 radical (unpaired) electrons. The van der Waals surface area contributed by atoms with Gasteiger partial charge in [-0.2, -0.15) is 0 Å². The number of benzene rings is 3. The Hall–Kier alpha value is -4.43. The molecule has 1 aromatic heterocycles. The molecule has 0 saturated heterocycles. The largest absolute Gasteiger partial charge is 0.451 e. The summed E-state index contributed by atoms with van der Waals surface area (Å²) < 4.78 is 5.59. The van der Waals surface area contributed by atoms with Crippen molar-refractivity contribution in [1.82, 2.24) is 0 Å². The summed E-state index contributed by atoms with van der Waals surface area (Å²) >= 11 is 5.80. The molecule has 0 aliphatic carbocycles. The molecular weight excluding hydrogens is 458 g/mol. The fraction of sp³-hybridized carbons (Fsp3) is 0.0400. The number of anilines is 2. The molecule has 8 nitrogen and oxygen atoms in total. The third-order valence-electron chi connectivity index (χ3n) is 4.99. The topological polar surface area (TPSA) is 114 Å². The van der Waals surface area contributed by atoms with Gasteiger partial charge in [0.05, 0.1) is 4.92 Å². The fourth-order valence-corrected chi connectivity index (χ4v) is 3.48. The van der Waals surface area contributed by atoms with Crippen LogP contribution < -0.4 is 10.6 Å². The first-order valence-corrected chi connectivity index (χ1v) is 10.5. The van der Waals surface area contributed by atoms with Crippen molar-refractivity contribution in [3.8, 4) is 0 Å². The van der Waals surface area contributed by atoms with Crippen LogP contribution in [0.25, 0.3) is 17.0 Å². The first-order valence-electron chi connectivity index (χ1n) is 10.1. The van der Waals surface area contributed by atoms with Crippen LogP contribution in [0.5, 0.6) is 0 Å². The van der Waals surface area contributed by atoms with Crippen LogP contribution in [0, 0.1) is 17.0 Å². The van der Waals surface area contributed by atoms with Crippen molar-refractivity contribution >= 4 is 57.5 Å². The van der Waals surface area contributed by atoms with Crippen molar-refractivity contribution in [2.24, 2.45) is 0 Å². The van der Waals surface area contributed by atoms with Gasteiger partial charge in [0, 0.05) is 28.9 Å². The predicted molar refractivity (Wildman–Crippen MR) is 131 cm³/mol. The van der Waals surface area contributed by atoms with Crippen molar-refractivity contribution in [2.75, 3.05) is 10.6 Å². The molecular formula is C25H18ClN3O5. The molecule has 0 atom stereocenters. The Morgan fingerprint density at radius 3 is 2.56 bits per heavy atom. The Balaban J connectivity index is 1.41. The number of hydrogen-bond donors (Lipinski definition) is 2. The van der Waals surface area contributed by atoms with Crippen molar-refractivity contribution in [1.29, 1.82) is 0 Å². The molecule has 2 N–H and O–H groups in total. The molecule has 0 fully saturated rings. The van der Waals surface area contributed by atoms with Gasteiger partial charge in [0.15, 0.2) is 5.76 Å². The summed E-state index contributed by atoms with van der Waals surface area (Å²) in [5, 5.41) is 17.4. The predicted octanol–water partition coefficient (Wildman–Crippen LogP) is 6.21. The van der Waals surface area contributed by atoms with Gasteiger partial charge in [-0.15, -0.1) is 0 Å². The number of carbonyl (C=O) groups is 2. The Labute approximate surface area is 199 Å². The first kappa shape index (κ1) is 22.8. The Morgan fingerprint density at radius 1 is 1.03 bits per heavy atom. The lowest BCUT2D eigenvalue weighted by Crippen LogP contribution is -2.12. The second-order valence-electron chi connectivity index (χ2n) is 7.42. The number of amides is 2. The normalized spacial score (nSPS) is 11.0. The zero-order chi connectivity index (χ0) is 24.2. The zero-order valence-electron chi connectivity index (χ0n) is 17.9. The summed E-state index contributed by atoms with van der Waals surface area (Å²) in [5.41, 5.74) is 2.69. The van der Waals surface area contributed by atoms with Crippen LogP contribution in [0.3, 0.4) is 0 Å². The van der Waals surface area contributed by atoms with E-state index in [1.165, 1.54) is 24.3 Å². The average Bonchev–Trinajstić information content (AvgIpc) is 3.24. The molecule has 4 aromatic rings. The highest BCUT2D eigenvalue weighted by atomic mass is 35.5. The van der Waals surface area contributed by atoms with Crippen molar-refractivity contribution in [3.63, 3.8) is 0 Å². The number of nitro groups is 1. The number of aryl methyl sites for hydroxylation is 1. The zero-order valence-corrected chi connectivity index (χ0v) is 18.6. The second-order valence-corrected chi connectivity index (χ2v) is 7.83. The SMILES string of the molecule is Cc1cc(NC(=O)/C=C/c2ccc(Cl)c([N+](=O)[O-])c2)ccc1NC(=O)c1cc2ccccc2o1. The highest BCUT2D eigenvalue weighted by Crippen LogP contribution is 2.26. The van der Waals surface area contributed by atoms with Gasteiger partial charge in [-0.3, -0.25) is 19.7 Å². The summed E-state index contributed by atoms with van der Waals surface area (Å²) in [4.78, 5) is 35.2. The van der Waals surface area contributed by atoms with Crippen LogP contribution in [0.15, 0.2) is 77.2 Å². The van der Waals surface area contributed by atoms with E-state index >= 15 is 0 Å². The second kappa shape index (κ2) is 9.60. The lowest BCUT2D eigenvalue weighted by Gasteiger charge is -2.10. The Morgan fingerprint density at radius 2 is 1.82 bits per heavy atom. The van der Waals surface area contributed by atoms with Gasteiger partial charge in [0.1, 0.15) is 10.6 Å². The molecule has 0 bridgehead atoms. The Bertz CT molecular complexity index is 1430. The Kier molecular flexibility index (Phi) is 6.42. The van der Waals surface area contributed by atoms with Gasteiger partial charge in [0.25, 0.3) is 11.6 Å². The maximum Gasteiger partial charge on any atom is 0.291 e. The lowest BCUT2D eigenvalue weighted by molar-refractivity contribution is -0.384. The van der Waals surface area contributed by atoms with E-state index in [9.17, 15) is 19.7 Å². The number of carbonyl (C=O) groups excluding carboxylic acids is 2. The maximum atomic E-state index is 12.6. The van der Waals surface area contributed by atoms with E-state index in [-0.39, 0.29) is 22.4 Å². The van der Waals surface area contributed by atoms with E-state index < -0.39 is 10.8 Å². The monoisotopic (exact) mass is 475 g/mol. The molecule has 0 spiro atoms. The van der Waals surface area contributed by atoms with E-state index in [0.29, 0.717) is 22.5 Å². The van der Waals surface area contributed by atoms with Gasteiger partial charge in [-0.25, -0.2) is 0 Å². The molecule has 0 unspecified atom stereocenters. The highest BCUT2D eigenvalue weighted by Gasteiger charge is 2.14. The summed E-state index contributed by atoms with van der Waals surface area (Å²) in [6.45, 7) is 1.80. The quantitative estimate of drug-likeness (QED) is 0.195. The fourth-order valence-electron chi connectivity index (χ4n) is 3.29. The van der Waals surface area contributed by atoms with Crippen LogP contribution in [-0.2, 0) is 4.79 Å². The van der Waals surface area contributed by atoms with Crippen LogP contribution >= 0.6 is 11.6 Å². The highest BCUT2D eigenvalue weighted by molar-refractivity contribution is 6.32. The van der Waals surface area contributed by atoms with Gasteiger partial charge < -0.3 is 15.1 Å². The molecule has 170 valence electrons. The third kappa shape index (κ3) is 5.13. The standard InChI is InChI=1S/C25H18ClN3O5/c1-15-12-18(27-24(30)11-7-16-6-9-19(26)21(13-16)29(32)33)8-10-20(15)28-25(31)23-14-17-4-2-3-5-22(17)34-23/h2-14H,1H3,(H,27,30)(H,28,31)/b11-7+. The molecule has 4 rings (SSSR count). The molecule has 34 heavy (non-hydrogen) atoms. The summed E-state index contributed by atoms with van der Waals surface area (Å²) in [5.74, 6) is -0.599. The minimum Gasteiger partial charge on any atom is -0.451 e. The molecule has 0 saturated carbocycles. The first-order chi connectivity index (χ1) is 16.3. The minimum absolute atomic E-state index is 0.0228. The van der Waals surface area contributed by atoms with Gasteiger partial charge >= 0.3 is 0 Å². The van der Waals surface area contributed by atoms with E-state index in [2.05, 4.69) is 10.6 Å². The van der Waals surface area contributed by atoms with Crippen LogP contribution in [0.1, 0.15) is 21.7 Å². The van der Waals surface area contributed by atoms with Crippen LogP contribution in [-0.4, -0.2) is 16.7 Å². The molecule has 2 amide bonds. The number of hydrogen-bond acceptors (Lipinski definition) is 5. The van der Waals surface area contributed by atoms with Crippen LogP contribution in [0.4, 0.5) is 17.1 Å². The van der Waals surface area contributed by atoms with Gasteiger partial charge in [-0.05, 0) is 60.5 Å². The molecule has 0 aliphatic rings. The summed E-state index contributed by atoms with van der Waals surface area (Å²) in [6.07, 6.45) is 2.72. The van der Waals surface area contributed by atoms with Gasteiger partial charge in [-0.1, -0.05) is 35.9 Å². The van der Waals surface area contributed by atoms with E-state index in [1.807, 2.05) is 18.2 Å². The molecule has 9 heteroatoms. The molecule has 3 aromatic carbocycles. The smallest absolute Gasteiger partial charge is 0.291 e. The van der Waals surface area contributed by atoms with Gasteiger partial charge in [0.2, 0.25) is 5.91 Å². The van der Waals surface area contributed by atoms with E-state index in [4.69, 9.17) is 16.0 Å². The minimum atomic E-state index is -0.586. The molecule has 0 aliphatic heterocycles. The molecule has 1 heterocycles. The summed E-state index contributed by atoms with van der Waals surface area (Å²) in [7, 11) is 0. The number of fused-ring (bicyclic) bond motifs is 1. The van der Waals surface area contributed by atoms with Crippen molar-refractivity contribution < 1.29 is 18.9 Å². The number of halogens is 1. The number of furan rings is 1. The number of nitrogens with zero attached hydrogens (tertiary/aromatic N) is 1. The number of nitro benzene ring substituents is 1. The number of nitrogens with one attached hydrogen (secondary N) is 2. The third-order valence-corrected chi connectivity index (χ3v) is 5.31. The van der Waals surface area contributed by atoms with E-state index in [1.54, 1.807) is 43.3 Å². The maximum absolute atomic E-state index is 12.6. The number of rotatable bonds is 6. The van der Waals surface area contributed by atoms with Crippen molar-refractivity contribution in [3.05, 3.63) is 105 Å². The van der Waals surface area contributed by atoms with Crippen molar-refractivity contribution in [2.45, 2.75) is 6.92 Å². The van der Waals surface area contributed by atoms with E-state index in [0.717, 1.165) is 10.9 Å². The average molecular weight is 476 g/mol.